The van der Waals surface area contributed by atoms with Crippen molar-refractivity contribution in [2.24, 2.45) is 5.10 Å². The number of nitrogens with one attached hydrogen (secondary N) is 1. The number of aryl methyl sites for hydroxylation is 1. The summed E-state index contributed by atoms with van der Waals surface area (Å²) < 4.78 is 17.3. The molecule has 0 aliphatic heterocycles. The topological polar surface area (TPSA) is 69.2 Å². The largest absolute Gasteiger partial charge is 0.496 e. The third-order valence-electron chi connectivity index (χ3n) is 4.54. The third-order valence-corrected chi connectivity index (χ3v) is 5.32. The van der Waals surface area contributed by atoms with E-state index in [1.165, 1.54) is 26.0 Å². The van der Waals surface area contributed by atoms with Gasteiger partial charge in [-0.15, -0.1) is 0 Å². The predicted molar refractivity (Wildman–Crippen MR) is 129 cm³/mol. The highest BCUT2D eigenvalue weighted by atomic mass is 79.9. The lowest BCUT2D eigenvalue weighted by atomic mass is 10.1. The zero-order valence-electron chi connectivity index (χ0n) is 17.8. The minimum atomic E-state index is -0.407. The molecule has 0 heterocycles. The van der Waals surface area contributed by atoms with Crippen LogP contribution in [0.3, 0.4) is 0 Å². The van der Waals surface area contributed by atoms with Gasteiger partial charge in [0.2, 0.25) is 0 Å². The van der Waals surface area contributed by atoms with Gasteiger partial charge in [0, 0.05) is 4.47 Å². The van der Waals surface area contributed by atoms with E-state index in [1.807, 2.05) is 31.2 Å². The number of halogens is 2. The second kappa shape index (κ2) is 11.0. The fraction of sp³-hybridized carbons (Fsp3) is 0.167. The van der Waals surface area contributed by atoms with E-state index in [0.29, 0.717) is 40.0 Å². The second-order valence-corrected chi connectivity index (χ2v) is 8.17. The van der Waals surface area contributed by atoms with Gasteiger partial charge >= 0.3 is 0 Å². The fourth-order valence-corrected chi connectivity index (χ4v) is 3.51. The summed E-state index contributed by atoms with van der Waals surface area (Å²) >= 11 is 9.77. The van der Waals surface area contributed by atoms with Gasteiger partial charge in [-0.1, -0.05) is 57.4 Å². The molecule has 0 aromatic heterocycles. The van der Waals surface area contributed by atoms with Crippen molar-refractivity contribution in [1.82, 2.24) is 5.43 Å². The lowest BCUT2D eigenvalue weighted by Gasteiger charge is -2.13. The van der Waals surface area contributed by atoms with Crippen molar-refractivity contribution >= 4 is 39.7 Å². The van der Waals surface area contributed by atoms with Crippen LogP contribution in [0.2, 0.25) is 5.02 Å². The molecule has 0 radical (unpaired) electrons. The smallest absolute Gasteiger partial charge is 0.275 e. The van der Waals surface area contributed by atoms with Crippen molar-refractivity contribution in [2.45, 2.75) is 13.5 Å². The maximum atomic E-state index is 12.5. The standard InChI is InChI=1S/C24H22BrClN2O4/c1-15-4-6-16(7-5-15)14-32-23-20(26)10-17(11-22(23)31-3)13-27-28-24(29)19-12-18(25)8-9-21(19)30-2/h4-13H,14H2,1-3H3,(H,28,29)/b27-13-. The lowest BCUT2D eigenvalue weighted by Crippen LogP contribution is -2.18. The molecule has 0 fully saturated rings. The van der Waals surface area contributed by atoms with Crippen molar-refractivity contribution in [3.63, 3.8) is 0 Å². The number of ether oxygens (including phenoxy) is 3. The van der Waals surface area contributed by atoms with Crippen LogP contribution in [-0.4, -0.2) is 26.3 Å². The van der Waals surface area contributed by atoms with E-state index in [4.69, 9.17) is 25.8 Å². The number of benzene rings is 3. The number of amides is 1. The van der Waals surface area contributed by atoms with Gasteiger partial charge in [0.1, 0.15) is 12.4 Å². The van der Waals surface area contributed by atoms with Gasteiger partial charge in [-0.3, -0.25) is 4.79 Å². The predicted octanol–water partition coefficient (Wildman–Crippen LogP) is 5.77. The van der Waals surface area contributed by atoms with Crippen LogP contribution in [0.4, 0.5) is 0 Å². The first-order valence-electron chi connectivity index (χ1n) is 9.64. The Morgan fingerprint density at radius 1 is 1.06 bits per heavy atom. The minimum Gasteiger partial charge on any atom is -0.496 e. The van der Waals surface area contributed by atoms with Gasteiger partial charge in [0.25, 0.3) is 5.91 Å². The molecule has 3 aromatic rings. The molecule has 0 saturated heterocycles. The molecule has 0 aliphatic carbocycles. The summed E-state index contributed by atoms with van der Waals surface area (Å²) in [6.07, 6.45) is 1.47. The Morgan fingerprint density at radius 3 is 2.47 bits per heavy atom. The summed E-state index contributed by atoms with van der Waals surface area (Å²) in [5.74, 6) is 0.942. The van der Waals surface area contributed by atoms with Crippen LogP contribution in [-0.2, 0) is 6.61 Å². The lowest BCUT2D eigenvalue weighted by molar-refractivity contribution is 0.0952. The first kappa shape index (κ1) is 23.6. The highest BCUT2D eigenvalue weighted by molar-refractivity contribution is 9.10. The fourth-order valence-electron chi connectivity index (χ4n) is 2.88. The minimum absolute atomic E-state index is 0.355. The number of hydrazone groups is 1. The highest BCUT2D eigenvalue weighted by Gasteiger charge is 2.14. The van der Waals surface area contributed by atoms with E-state index in [1.54, 1.807) is 30.3 Å². The van der Waals surface area contributed by atoms with E-state index in [2.05, 4.69) is 26.5 Å². The van der Waals surface area contributed by atoms with Gasteiger partial charge in [0.15, 0.2) is 11.5 Å². The van der Waals surface area contributed by atoms with Crippen LogP contribution < -0.4 is 19.6 Å². The Balaban J connectivity index is 1.71. The summed E-state index contributed by atoms with van der Waals surface area (Å²) in [6.45, 7) is 2.39. The number of nitrogens with zero attached hydrogens (tertiary/aromatic N) is 1. The Hall–Kier alpha value is -3.03. The molecule has 0 saturated carbocycles. The maximum absolute atomic E-state index is 12.5. The Kier molecular flexibility index (Phi) is 8.14. The van der Waals surface area contributed by atoms with Crippen molar-refractivity contribution in [2.75, 3.05) is 14.2 Å². The molecule has 1 amide bonds. The van der Waals surface area contributed by atoms with Crippen LogP contribution in [0.1, 0.15) is 27.0 Å². The molecule has 3 aromatic carbocycles. The van der Waals surface area contributed by atoms with Gasteiger partial charge in [-0.25, -0.2) is 5.43 Å². The van der Waals surface area contributed by atoms with Crippen LogP contribution >= 0.6 is 27.5 Å². The third kappa shape index (κ3) is 6.02. The molecular weight excluding hydrogens is 496 g/mol. The molecular formula is C24H22BrClN2O4. The molecule has 0 spiro atoms. The first-order chi connectivity index (χ1) is 15.4. The average molecular weight is 518 g/mol. The van der Waals surface area contributed by atoms with Crippen molar-refractivity contribution in [3.05, 3.63) is 86.3 Å². The van der Waals surface area contributed by atoms with Crippen LogP contribution in [0.15, 0.2) is 64.2 Å². The Labute approximate surface area is 200 Å². The molecule has 6 nitrogen and oxygen atoms in total. The zero-order valence-corrected chi connectivity index (χ0v) is 20.2. The first-order valence-corrected chi connectivity index (χ1v) is 10.8. The van der Waals surface area contributed by atoms with Gasteiger partial charge in [0.05, 0.1) is 31.0 Å². The van der Waals surface area contributed by atoms with E-state index >= 15 is 0 Å². The van der Waals surface area contributed by atoms with Gasteiger partial charge in [-0.05, 0) is 48.4 Å². The van der Waals surface area contributed by atoms with Crippen LogP contribution in [0, 0.1) is 6.92 Å². The molecule has 32 heavy (non-hydrogen) atoms. The van der Waals surface area contributed by atoms with Crippen LogP contribution in [0.25, 0.3) is 0 Å². The number of carbonyl (C=O) groups excluding carboxylic acids is 1. The van der Waals surface area contributed by atoms with Crippen molar-refractivity contribution in [3.8, 4) is 17.2 Å². The Morgan fingerprint density at radius 2 is 1.78 bits per heavy atom. The number of rotatable bonds is 8. The molecule has 0 atom stereocenters. The maximum Gasteiger partial charge on any atom is 0.275 e. The van der Waals surface area contributed by atoms with E-state index in [9.17, 15) is 4.79 Å². The van der Waals surface area contributed by atoms with Crippen LogP contribution in [0.5, 0.6) is 17.2 Å². The van der Waals surface area contributed by atoms with Crippen molar-refractivity contribution in [1.29, 1.82) is 0 Å². The quantitative estimate of drug-likeness (QED) is 0.304. The molecule has 1 N–H and O–H groups in total. The van der Waals surface area contributed by atoms with E-state index in [0.717, 1.165) is 10.0 Å². The monoisotopic (exact) mass is 516 g/mol. The Bertz CT molecular complexity index is 1130. The summed E-state index contributed by atoms with van der Waals surface area (Å²) in [7, 11) is 3.03. The highest BCUT2D eigenvalue weighted by Crippen LogP contribution is 2.36. The number of carbonyl (C=O) groups is 1. The average Bonchev–Trinajstić information content (AvgIpc) is 2.79. The summed E-state index contributed by atoms with van der Waals surface area (Å²) in [5.41, 5.74) is 5.68. The van der Waals surface area contributed by atoms with Crippen molar-refractivity contribution < 1.29 is 19.0 Å². The number of methoxy groups -OCH3 is 2. The molecule has 0 bridgehead atoms. The second-order valence-electron chi connectivity index (χ2n) is 6.85. The van der Waals surface area contributed by atoms with E-state index in [-0.39, 0.29) is 0 Å². The molecule has 0 aliphatic rings. The summed E-state index contributed by atoms with van der Waals surface area (Å²) in [4.78, 5) is 12.5. The summed E-state index contributed by atoms with van der Waals surface area (Å²) in [5, 5.41) is 4.39. The van der Waals surface area contributed by atoms with Gasteiger partial charge in [-0.2, -0.15) is 5.10 Å². The normalized spacial score (nSPS) is 10.8. The molecule has 0 unspecified atom stereocenters. The van der Waals surface area contributed by atoms with Gasteiger partial charge < -0.3 is 14.2 Å². The SMILES string of the molecule is COc1ccc(Br)cc1C(=O)N/N=C\c1cc(Cl)c(OCc2ccc(C)cc2)c(OC)c1. The number of hydrogen-bond acceptors (Lipinski definition) is 5. The molecule has 3 rings (SSSR count). The molecule has 166 valence electrons. The summed E-state index contributed by atoms with van der Waals surface area (Å²) in [6, 6.07) is 16.6. The number of hydrogen-bond donors (Lipinski definition) is 1. The molecule has 8 heteroatoms. The van der Waals surface area contributed by atoms with E-state index < -0.39 is 5.91 Å². The zero-order chi connectivity index (χ0) is 23.1.